The lowest BCUT2D eigenvalue weighted by Crippen LogP contribution is -2.12. The highest BCUT2D eigenvalue weighted by atomic mass is 79.9. The van der Waals surface area contributed by atoms with Crippen molar-refractivity contribution in [2.45, 2.75) is 6.42 Å². The summed E-state index contributed by atoms with van der Waals surface area (Å²) in [6.45, 7) is 0. The van der Waals surface area contributed by atoms with Crippen LogP contribution in [0, 0.1) is 0 Å². The number of hydrogen-bond donors (Lipinski definition) is 1. The van der Waals surface area contributed by atoms with E-state index in [-0.39, 0.29) is 5.91 Å². The Hall–Kier alpha value is -2.57. The van der Waals surface area contributed by atoms with Crippen molar-refractivity contribution >= 4 is 49.1 Å². The normalized spacial score (nSPS) is 10.8. The fraction of sp³-hybridized carbons (Fsp3) is 0.0500. The highest BCUT2D eigenvalue weighted by Crippen LogP contribution is 2.24. The Kier molecular flexibility index (Phi) is 4.77. The average molecular weight is 424 g/mol. The van der Waals surface area contributed by atoms with E-state index in [2.05, 4.69) is 37.3 Å². The van der Waals surface area contributed by atoms with Crippen molar-refractivity contribution in [3.63, 3.8) is 0 Å². The van der Waals surface area contributed by atoms with Crippen LogP contribution in [0.25, 0.3) is 10.2 Å². The largest absolute Gasteiger partial charge is 0.322 e. The van der Waals surface area contributed by atoms with E-state index < -0.39 is 0 Å². The van der Waals surface area contributed by atoms with Crippen LogP contribution in [-0.2, 0) is 6.42 Å². The van der Waals surface area contributed by atoms with Gasteiger partial charge in [-0.15, -0.1) is 11.3 Å². The lowest BCUT2D eigenvalue weighted by Gasteiger charge is -2.06. The zero-order valence-electron chi connectivity index (χ0n) is 13.6. The van der Waals surface area contributed by atoms with E-state index in [0.29, 0.717) is 5.56 Å². The standard InChI is InChI=1S/C20H14BrN3OS/c21-15-10-14(11-22-12-15)20(25)23-16-7-5-13(6-8-16)9-19-24-17-3-1-2-4-18(17)26-19/h1-8,10-12H,9H2,(H,23,25). The van der Waals surface area contributed by atoms with Crippen molar-refractivity contribution in [2.24, 2.45) is 0 Å². The van der Waals surface area contributed by atoms with E-state index in [0.717, 1.165) is 32.7 Å². The number of carbonyl (C=O) groups excluding carboxylic acids is 1. The number of anilines is 1. The van der Waals surface area contributed by atoms with Crippen LogP contribution in [0.3, 0.4) is 0 Å². The average Bonchev–Trinajstić information content (AvgIpc) is 3.05. The van der Waals surface area contributed by atoms with E-state index in [1.54, 1.807) is 29.8 Å². The number of hydrogen-bond acceptors (Lipinski definition) is 4. The van der Waals surface area contributed by atoms with Gasteiger partial charge in [-0.05, 0) is 51.8 Å². The highest BCUT2D eigenvalue weighted by molar-refractivity contribution is 9.10. The summed E-state index contributed by atoms with van der Waals surface area (Å²) in [6, 6.07) is 17.7. The fourth-order valence-electron chi connectivity index (χ4n) is 2.62. The highest BCUT2D eigenvalue weighted by Gasteiger charge is 2.08. The molecular formula is C20H14BrN3OS. The molecule has 1 N–H and O–H groups in total. The molecule has 0 fully saturated rings. The number of nitrogens with one attached hydrogen (secondary N) is 1. The zero-order valence-corrected chi connectivity index (χ0v) is 16.0. The van der Waals surface area contributed by atoms with Crippen LogP contribution in [0.15, 0.2) is 71.5 Å². The molecule has 0 aliphatic carbocycles. The van der Waals surface area contributed by atoms with Crippen LogP contribution < -0.4 is 5.32 Å². The maximum atomic E-state index is 12.3. The zero-order chi connectivity index (χ0) is 17.9. The third-order valence-corrected chi connectivity index (χ3v) is 5.34. The SMILES string of the molecule is O=C(Nc1ccc(Cc2nc3ccccc3s2)cc1)c1cncc(Br)c1. The number of benzene rings is 2. The summed E-state index contributed by atoms with van der Waals surface area (Å²) in [5, 5.41) is 3.97. The Morgan fingerprint density at radius 1 is 1.08 bits per heavy atom. The van der Waals surface area contributed by atoms with Gasteiger partial charge in [0.1, 0.15) is 0 Å². The number of pyridine rings is 1. The minimum Gasteiger partial charge on any atom is -0.322 e. The number of fused-ring (bicyclic) bond motifs is 1. The van der Waals surface area contributed by atoms with E-state index in [4.69, 9.17) is 0 Å². The van der Waals surface area contributed by atoms with Gasteiger partial charge in [0.15, 0.2) is 0 Å². The Morgan fingerprint density at radius 3 is 2.65 bits per heavy atom. The summed E-state index contributed by atoms with van der Waals surface area (Å²) in [5.74, 6) is -0.183. The second-order valence-corrected chi connectivity index (χ2v) is 7.83. The number of thiazole rings is 1. The molecule has 0 radical (unpaired) electrons. The molecule has 0 saturated heterocycles. The molecule has 0 unspecified atom stereocenters. The Labute approximate surface area is 163 Å². The first-order valence-electron chi connectivity index (χ1n) is 8.03. The predicted molar refractivity (Wildman–Crippen MR) is 109 cm³/mol. The molecule has 4 rings (SSSR count). The van der Waals surface area contributed by atoms with E-state index in [1.807, 2.05) is 42.5 Å². The van der Waals surface area contributed by atoms with Gasteiger partial charge >= 0.3 is 0 Å². The van der Waals surface area contributed by atoms with Gasteiger partial charge in [0, 0.05) is 29.0 Å². The molecule has 0 aliphatic heterocycles. The summed E-state index contributed by atoms with van der Waals surface area (Å²) >= 11 is 5.04. The van der Waals surface area contributed by atoms with E-state index in [9.17, 15) is 4.79 Å². The van der Waals surface area contributed by atoms with Gasteiger partial charge in [-0.25, -0.2) is 4.98 Å². The van der Waals surface area contributed by atoms with Crippen molar-refractivity contribution in [3.8, 4) is 0 Å². The first kappa shape index (κ1) is 16.9. The van der Waals surface area contributed by atoms with E-state index in [1.165, 1.54) is 4.70 Å². The van der Waals surface area contributed by atoms with Crippen LogP contribution >= 0.6 is 27.3 Å². The minimum absolute atomic E-state index is 0.183. The summed E-state index contributed by atoms with van der Waals surface area (Å²) < 4.78 is 1.98. The summed E-state index contributed by atoms with van der Waals surface area (Å²) in [7, 11) is 0. The van der Waals surface area contributed by atoms with Gasteiger partial charge in [0.05, 0.1) is 20.8 Å². The molecule has 0 aliphatic rings. The molecule has 0 atom stereocenters. The smallest absolute Gasteiger partial charge is 0.257 e. The molecule has 4 aromatic rings. The summed E-state index contributed by atoms with van der Waals surface area (Å²) in [5.41, 5.74) is 3.46. The monoisotopic (exact) mass is 423 g/mol. The fourth-order valence-corrected chi connectivity index (χ4v) is 3.98. The number of para-hydroxylation sites is 1. The molecule has 0 bridgehead atoms. The van der Waals surface area contributed by atoms with Gasteiger partial charge in [0.2, 0.25) is 0 Å². The van der Waals surface area contributed by atoms with Crippen molar-refractivity contribution in [1.29, 1.82) is 0 Å². The van der Waals surface area contributed by atoms with Crippen LogP contribution in [-0.4, -0.2) is 15.9 Å². The number of amides is 1. The van der Waals surface area contributed by atoms with Crippen LogP contribution in [0.5, 0.6) is 0 Å². The van der Waals surface area contributed by atoms with Gasteiger partial charge < -0.3 is 5.32 Å². The number of nitrogens with zero attached hydrogens (tertiary/aromatic N) is 2. The minimum atomic E-state index is -0.183. The number of carbonyl (C=O) groups is 1. The van der Waals surface area contributed by atoms with Crippen LogP contribution in [0.4, 0.5) is 5.69 Å². The van der Waals surface area contributed by atoms with Gasteiger partial charge in [-0.2, -0.15) is 0 Å². The maximum absolute atomic E-state index is 12.3. The van der Waals surface area contributed by atoms with Gasteiger partial charge in [0.25, 0.3) is 5.91 Å². The molecule has 0 spiro atoms. The molecular weight excluding hydrogens is 410 g/mol. The third kappa shape index (κ3) is 3.81. The van der Waals surface area contributed by atoms with Crippen molar-refractivity contribution in [2.75, 3.05) is 5.32 Å². The lowest BCUT2D eigenvalue weighted by atomic mass is 10.1. The number of aromatic nitrogens is 2. The van der Waals surface area contributed by atoms with Gasteiger partial charge in [-0.1, -0.05) is 24.3 Å². The molecule has 6 heteroatoms. The second-order valence-electron chi connectivity index (χ2n) is 5.79. The molecule has 2 heterocycles. The maximum Gasteiger partial charge on any atom is 0.257 e. The quantitative estimate of drug-likeness (QED) is 0.484. The molecule has 26 heavy (non-hydrogen) atoms. The molecule has 2 aromatic heterocycles. The summed E-state index contributed by atoms with van der Waals surface area (Å²) in [6.07, 6.45) is 3.97. The topological polar surface area (TPSA) is 54.9 Å². The second kappa shape index (κ2) is 7.35. The first-order valence-corrected chi connectivity index (χ1v) is 9.63. The van der Waals surface area contributed by atoms with Crippen molar-refractivity contribution in [3.05, 3.63) is 87.6 Å². The first-order chi connectivity index (χ1) is 12.7. The Bertz CT molecular complexity index is 1040. The van der Waals surface area contributed by atoms with Crippen LogP contribution in [0.1, 0.15) is 20.9 Å². The predicted octanol–water partition coefficient (Wildman–Crippen LogP) is 5.30. The molecule has 1 amide bonds. The van der Waals surface area contributed by atoms with Crippen molar-refractivity contribution in [1.82, 2.24) is 9.97 Å². The summed E-state index contributed by atoms with van der Waals surface area (Å²) in [4.78, 5) is 20.9. The molecule has 128 valence electrons. The lowest BCUT2D eigenvalue weighted by molar-refractivity contribution is 0.102. The molecule has 2 aromatic carbocycles. The van der Waals surface area contributed by atoms with Crippen LogP contribution in [0.2, 0.25) is 0 Å². The van der Waals surface area contributed by atoms with E-state index >= 15 is 0 Å². The molecule has 4 nitrogen and oxygen atoms in total. The number of halogens is 1. The Morgan fingerprint density at radius 2 is 1.88 bits per heavy atom. The molecule has 0 saturated carbocycles. The Balaban J connectivity index is 1.45. The van der Waals surface area contributed by atoms with Gasteiger partial charge in [-0.3, -0.25) is 9.78 Å². The third-order valence-electron chi connectivity index (χ3n) is 3.87. The van der Waals surface area contributed by atoms with Crippen molar-refractivity contribution < 1.29 is 4.79 Å². The number of rotatable bonds is 4.